The number of benzene rings is 3. The molecule has 5 N–H and O–H groups in total. The lowest BCUT2D eigenvalue weighted by Gasteiger charge is -2.36. The molecular formula is C47H56Br2N12O3S. The molecule has 0 spiro atoms. The monoisotopic (exact) mass is 1030 g/mol. The molecule has 8 rings (SSSR count). The number of halogens is 2. The Kier molecular flexibility index (Phi) is 16.1. The molecule has 18 heteroatoms. The maximum absolute atomic E-state index is 13.2. The first kappa shape index (κ1) is 46.9. The number of nitrogens with two attached hydrogens (primary N) is 1. The van der Waals surface area contributed by atoms with Crippen LogP contribution in [0, 0.1) is 17.8 Å². The Morgan fingerprint density at radius 3 is 2.31 bits per heavy atom. The number of thioether (sulfide) groups is 1. The molecule has 65 heavy (non-hydrogen) atoms. The van der Waals surface area contributed by atoms with Crippen LogP contribution >= 0.6 is 43.6 Å². The minimum atomic E-state index is -0.551. The Balaban J connectivity index is 0.725. The van der Waals surface area contributed by atoms with Crippen molar-refractivity contribution < 1.29 is 14.7 Å². The van der Waals surface area contributed by atoms with Gasteiger partial charge in [-0.2, -0.15) is 0 Å². The molecular weight excluding hydrogens is 972 g/mol. The molecule has 0 radical (unpaired) electrons. The molecule has 3 aromatic carbocycles. The van der Waals surface area contributed by atoms with Crippen LogP contribution in [0.15, 0.2) is 74.8 Å². The molecule has 0 aliphatic carbocycles. The van der Waals surface area contributed by atoms with Gasteiger partial charge in [0.15, 0.2) is 22.1 Å². The van der Waals surface area contributed by atoms with Crippen LogP contribution in [0.1, 0.15) is 43.7 Å². The molecule has 2 aliphatic rings. The number of likely N-dealkylation sites (tertiary alicyclic amines) is 1. The van der Waals surface area contributed by atoms with Crippen LogP contribution in [0.3, 0.4) is 0 Å². The quantitative estimate of drug-likeness (QED) is 0.0511. The highest BCUT2D eigenvalue weighted by molar-refractivity contribution is 9.10. The third-order valence-corrected chi connectivity index (χ3v) is 14.1. The number of amides is 2. The Morgan fingerprint density at radius 2 is 1.63 bits per heavy atom. The standard InChI is InChI=1S/C47H56Br2N12O3S/c1-2-26-65-47-53-44(51-18-16-50)43-45(54-47)61(56-55-43)29-33-7-5-32(6-8-33)4-3-17-52-46(64)34-13-19-57(20-14-34)21-15-42(63)59-24-22-58(23-25-59)30-37(62)31-60-40-11-9-35(48)27-38(40)39-28-36(49)10-12-41(39)60/h5-12,27-28,34,37,62H,2,13-26,29-31,50H2,1H3,(H,52,64)(H,51,53,54). The number of piperazine rings is 1. The average Bonchev–Trinajstić information content (AvgIpc) is 3.85. The number of nitrogens with one attached hydrogen (secondary N) is 2. The minimum Gasteiger partial charge on any atom is -0.390 e. The van der Waals surface area contributed by atoms with Crippen molar-refractivity contribution in [3.05, 3.63) is 80.7 Å². The molecule has 0 bridgehead atoms. The van der Waals surface area contributed by atoms with E-state index >= 15 is 0 Å². The van der Waals surface area contributed by atoms with E-state index in [1.54, 1.807) is 16.4 Å². The van der Waals surface area contributed by atoms with Crippen LogP contribution in [-0.2, 0) is 22.7 Å². The van der Waals surface area contributed by atoms with Crippen LogP contribution in [0.2, 0.25) is 0 Å². The van der Waals surface area contributed by atoms with Gasteiger partial charge in [0, 0.05) is 107 Å². The summed E-state index contributed by atoms with van der Waals surface area (Å²) in [6.07, 6.45) is 2.46. The Labute approximate surface area is 400 Å². The van der Waals surface area contributed by atoms with Gasteiger partial charge in [-0.3, -0.25) is 14.5 Å². The minimum absolute atomic E-state index is 0.0337. The van der Waals surface area contributed by atoms with Crippen molar-refractivity contribution in [1.29, 1.82) is 0 Å². The van der Waals surface area contributed by atoms with Gasteiger partial charge in [0.25, 0.3) is 0 Å². The van der Waals surface area contributed by atoms with Gasteiger partial charge in [-0.25, -0.2) is 14.6 Å². The number of fused-ring (bicyclic) bond motifs is 4. The molecule has 1 atom stereocenters. The van der Waals surface area contributed by atoms with Gasteiger partial charge in [0.05, 0.1) is 25.7 Å². The normalized spacial score (nSPS) is 15.7. The largest absolute Gasteiger partial charge is 0.390 e. The molecule has 3 aromatic heterocycles. The first-order valence-electron chi connectivity index (χ1n) is 22.5. The van der Waals surface area contributed by atoms with Gasteiger partial charge in [0.1, 0.15) is 0 Å². The highest BCUT2D eigenvalue weighted by atomic mass is 79.9. The van der Waals surface area contributed by atoms with Gasteiger partial charge >= 0.3 is 0 Å². The number of anilines is 1. The van der Waals surface area contributed by atoms with E-state index in [9.17, 15) is 14.7 Å². The summed E-state index contributed by atoms with van der Waals surface area (Å²) in [5, 5.41) is 29.2. The number of rotatable bonds is 17. The number of hydrogen-bond donors (Lipinski definition) is 4. The average molecular weight is 1030 g/mol. The number of piperidine rings is 1. The third kappa shape index (κ3) is 11.9. The predicted molar refractivity (Wildman–Crippen MR) is 265 cm³/mol. The number of β-amino-alcohol motifs (C(OH)–C–C–N with tert-alkyl or cyclic N) is 1. The van der Waals surface area contributed by atoms with Crippen LogP contribution in [0.5, 0.6) is 0 Å². The molecule has 2 fully saturated rings. The summed E-state index contributed by atoms with van der Waals surface area (Å²) in [7, 11) is 0. The molecule has 0 saturated carbocycles. The van der Waals surface area contributed by atoms with E-state index < -0.39 is 6.10 Å². The molecule has 2 saturated heterocycles. The summed E-state index contributed by atoms with van der Waals surface area (Å²) in [6.45, 7) is 10.1. The van der Waals surface area contributed by atoms with Crippen molar-refractivity contribution in [2.75, 3.05) is 83.1 Å². The summed E-state index contributed by atoms with van der Waals surface area (Å²) in [6, 6.07) is 20.5. The number of carbonyl (C=O) groups is 2. The van der Waals surface area contributed by atoms with Crippen molar-refractivity contribution in [2.45, 2.75) is 57.0 Å². The van der Waals surface area contributed by atoms with Crippen LogP contribution < -0.4 is 16.4 Å². The molecule has 2 aliphatic heterocycles. The lowest BCUT2D eigenvalue weighted by molar-refractivity contribution is -0.134. The first-order valence-corrected chi connectivity index (χ1v) is 25.0. The third-order valence-electron chi connectivity index (χ3n) is 12.1. The predicted octanol–water partition coefficient (Wildman–Crippen LogP) is 5.55. The van der Waals surface area contributed by atoms with E-state index in [4.69, 9.17) is 10.7 Å². The molecule has 342 valence electrons. The van der Waals surface area contributed by atoms with Gasteiger partial charge < -0.3 is 35.8 Å². The maximum atomic E-state index is 13.2. The Bertz CT molecular complexity index is 2610. The summed E-state index contributed by atoms with van der Waals surface area (Å²) < 4.78 is 6.04. The zero-order valence-electron chi connectivity index (χ0n) is 36.7. The second-order valence-electron chi connectivity index (χ2n) is 16.7. The number of hydrogen-bond acceptors (Lipinski definition) is 12. The molecule has 6 aromatic rings. The van der Waals surface area contributed by atoms with Crippen molar-refractivity contribution in [3.8, 4) is 11.8 Å². The van der Waals surface area contributed by atoms with Gasteiger partial charge in [-0.15, -0.1) is 5.10 Å². The van der Waals surface area contributed by atoms with E-state index in [-0.39, 0.29) is 24.3 Å². The Morgan fingerprint density at radius 1 is 0.923 bits per heavy atom. The Hall–Kier alpha value is -4.61. The van der Waals surface area contributed by atoms with Crippen molar-refractivity contribution >= 4 is 94.2 Å². The van der Waals surface area contributed by atoms with E-state index in [1.807, 2.05) is 41.3 Å². The second kappa shape index (κ2) is 22.3. The highest BCUT2D eigenvalue weighted by Gasteiger charge is 2.27. The summed E-state index contributed by atoms with van der Waals surface area (Å²) in [4.78, 5) is 42.1. The van der Waals surface area contributed by atoms with Crippen molar-refractivity contribution in [3.63, 3.8) is 0 Å². The van der Waals surface area contributed by atoms with E-state index in [1.165, 1.54) is 0 Å². The zero-order chi connectivity index (χ0) is 45.3. The van der Waals surface area contributed by atoms with Gasteiger partial charge in [-0.05, 0) is 86.4 Å². The van der Waals surface area contributed by atoms with Crippen LogP contribution in [-0.4, -0.2) is 145 Å². The molecule has 2 amide bonds. The van der Waals surface area contributed by atoms with Gasteiger partial charge in [0.2, 0.25) is 11.8 Å². The number of aliphatic hydroxyl groups excluding tert-OH is 1. The number of aromatic nitrogens is 6. The fourth-order valence-electron chi connectivity index (χ4n) is 8.62. The van der Waals surface area contributed by atoms with E-state index in [0.29, 0.717) is 80.9 Å². The van der Waals surface area contributed by atoms with Crippen LogP contribution in [0.4, 0.5) is 5.82 Å². The smallest absolute Gasteiger partial charge is 0.223 e. The fourth-order valence-corrected chi connectivity index (χ4v) is 10.0. The summed E-state index contributed by atoms with van der Waals surface area (Å²) in [5.41, 5.74) is 11.1. The topological polar surface area (TPSA) is 176 Å². The molecule has 15 nitrogen and oxygen atoms in total. The number of aliphatic hydroxyl groups is 1. The first-order chi connectivity index (χ1) is 31.6. The lowest BCUT2D eigenvalue weighted by Crippen LogP contribution is -2.51. The maximum Gasteiger partial charge on any atom is 0.223 e. The number of nitrogens with zero attached hydrogens (tertiary/aromatic N) is 9. The van der Waals surface area contributed by atoms with E-state index in [2.05, 4.69) is 115 Å². The fraction of sp³-hybridized carbons (Fsp3) is 0.447. The summed E-state index contributed by atoms with van der Waals surface area (Å²) in [5.74, 6) is 7.97. The number of carbonyl (C=O) groups excluding carboxylic acids is 2. The second-order valence-corrected chi connectivity index (χ2v) is 19.6. The van der Waals surface area contributed by atoms with E-state index in [0.717, 1.165) is 93.1 Å². The van der Waals surface area contributed by atoms with Gasteiger partial charge in [-0.1, -0.05) is 79.7 Å². The highest BCUT2D eigenvalue weighted by Crippen LogP contribution is 2.33. The SMILES string of the molecule is CCCSc1nc(NCCN)c2nnn(Cc3ccc(C#CCNC(=O)C4CCN(CCC(=O)N5CCN(CC(O)Cn6c7ccc(Br)cc7c7cc(Br)ccc76)CC5)CC4)cc3)c2n1. The van der Waals surface area contributed by atoms with Crippen molar-refractivity contribution in [2.24, 2.45) is 11.7 Å². The molecule has 5 heterocycles. The molecule has 1 unspecified atom stereocenters. The zero-order valence-corrected chi connectivity index (χ0v) is 40.7. The van der Waals surface area contributed by atoms with Crippen molar-refractivity contribution in [1.82, 2.24) is 49.5 Å². The lowest BCUT2D eigenvalue weighted by atomic mass is 9.96. The van der Waals surface area contributed by atoms with Crippen LogP contribution in [0.25, 0.3) is 33.0 Å². The summed E-state index contributed by atoms with van der Waals surface area (Å²) >= 11 is 8.83.